The second-order valence-electron chi connectivity index (χ2n) is 3.49. The number of hydrogen-bond acceptors (Lipinski definition) is 6. The average molecular weight is 262 g/mol. The zero-order valence-corrected chi connectivity index (χ0v) is 10.7. The third-order valence-corrected chi connectivity index (χ3v) is 3.44. The summed E-state index contributed by atoms with van der Waals surface area (Å²) in [7, 11) is 1.26. The molecule has 0 saturated heterocycles. The number of methoxy groups -OCH3 is 1. The van der Waals surface area contributed by atoms with Gasteiger partial charge in [0.1, 0.15) is 9.88 Å². The van der Waals surface area contributed by atoms with E-state index in [9.17, 15) is 9.59 Å². The van der Waals surface area contributed by atoms with E-state index in [-0.39, 0.29) is 11.5 Å². The van der Waals surface area contributed by atoms with Gasteiger partial charge >= 0.3 is 5.97 Å². The van der Waals surface area contributed by atoms with Gasteiger partial charge in [-0.25, -0.2) is 9.78 Å². The molecule has 2 aromatic rings. The molecule has 0 saturated carbocycles. The van der Waals surface area contributed by atoms with Crippen LogP contribution in [-0.4, -0.2) is 28.8 Å². The van der Waals surface area contributed by atoms with Gasteiger partial charge in [-0.1, -0.05) is 0 Å². The Balaban J connectivity index is 2.53. The molecular formula is C12H10N2O3S. The van der Waals surface area contributed by atoms with Crippen LogP contribution >= 0.6 is 11.3 Å². The molecule has 0 aliphatic carbocycles. The molecule has 2 rings (SSSR count). The van der Waals surface area contributed by atoms with E-state index in [4.69, 9.17) is 0 Å². The molecule has 0 aliphatic rings. The molecule has 0 aliphatic heterocycles. The Hall–Kier alpha value is -2.08. The summed E-state index contributed by atoms with van der Waals surface area (Å²) in [5.41, 5.74) is 0.828. The lowest BCUT2D eigenvalue weighted by molar-refractivity contribution is 0.0591. The maximum atomic E-state index is 11.5. The van der Waals surface area contributed by atoms with Crippen LogP contribution in [0.1, 0.15) is 27.1 Å². The predicted octanol–water partition coefficient (Wildman–Crippen LogP) is 2.19. The Kier molecular flexibility index (Phi) is 3.47. The molecule has 2 aromatic heterocycles. The van der Waals surface area contributed by atoms with Crippen molar-refractivity contribution in [3.63, 3.8) is 0 Å². The SMILES string of the molecule is COC(=O)c1nc(-c2cccnc2)sc1C(C)=O. The van der Waals surface area contributed by atoms with Crippen LogP contribution in [0.3, 0.4) is 0 Å². The van der Waals surface area contributed by atoms with Gasteiger partial charge in [-0.3, -0.25) is 9.78 Å². The minimum absolute atomic E-state index is 0.0638. The number of carbonyl (C=O) groups excluding carboxylic acids is 2. The van der Waals surface area contributed by atoms with Gasteiger partial charge in [0.05, 0.1) is 7.11 Å². The topological polar surface area (TPSA) is 69.2 Å². The second-order valence-corrected chi connectivity index (χ2v) is 4.49. The largest absolute Gasteiger partial charge is 0.464 e. The first kappa shape index (κ1) is 12.4. The van der Waals surface area contributed by atoms with Crippen LogP contribution in [0.4, 0.5) is 0 Å². The molecule has 92 valence electrons. The quantitative estimate of drug-likeness (QED) is 0.626. The molecule has 0 unspecified atom stereocenters. The average Bonchev–Trinajstić information content (AvgIpc) is 2.84. The van der Waals surface area contributed by atoms with E-state index in [2.05, 4.69) is 14.7 Å². The van der Waals surface area contributed by atoms with Crippen LogP contribution in [0.25, 0.3) is 10.6 Å². The maximum Gasteiger partial charge on any atom is 0.358 e. The highest BCUT2D eigenvalue weighted by Crippen LogP contribution is 2.28. The van der Waals surface area contributed by atoms with Gasteiger partial charge in [0.2, 0.25) is 0 Å². The highest BCUT2D eigenvalue weighted by Gasteiger charge is 2.22. The predicted molar refractivity (Wildman–Crippen MR) is 66.7 cm³/mol. The van der Waals surface area contributed by atoms with Crippen molar-refractivity contribution in [3.8, 4) is 10.6 Å². The fraction of sp³-hybridized carbons (Fsp3) is 0.167. The minimum atomic E-state index is -0.605. The maximum absolute atomic E-state index is 11.5. The van der Waals surface area contributed by atoms with Gasteiger partial charge in [0, 0.05) is 24.9 Å². The van der Waals surface area contributed by atoms with Gasteiger partial charge in [-0.05, 0) is 12.1 Å². The van der Waals surface area contributed by atoms with Crippen LogP contribution < -0.4 is 0 Å². The number of ether oxygens (including phenoxy) is 1. The Bertz CT molecular complexity index is 593. The summed E-state index contributed by atoms with van der Waals surface area (Å²) < 4.78 is 4.61. The summed E-state index contributed by atoms with van der Waals surface area (Å²) in [6.07, 6.45) is 3.27. The minimum Gasteiger partial charge on any atom is -0.464 e. The Morgan fingerprint density at radius 3 is 2.72 bits per heavy atom. The van der Waals surface area contributed by atoms with Crippen LogP contribution in [-0.2, 0) is 4.74 Å². The number of nitrogens with zero attached hydrogens (tertiary/aromatic N) is 2. The molecule has 0 aromatic carbocycles. The van der Waals surface area contributed by atoms with Crippen molar-refractivity contribution >= 4 is 23.1 Å². The Morgan fingerprint density at radius 1 is 1.39 bits per heavy atom. The van der Waals surface area contributed by atoms with Crippen LogP contribution in [0.2, 0.25) is 0 Å². The summed E-state index contributed by atoms with van der Waals surface area (Å²) in [5.74, 6) is -0.811. The van der Waals surface area contributed by atoms with E-state index in [1.54, 1.807) is 18.5 Å². The van der Waals surface area contributed by atoms with Gasteiger partial charge in [0.15, 0.2) is 11.5 Å². The summed E-state index contributed by atoms with van der Waals surface area (Å²) in [6, 6.07) is 3.58. The van der Waals surface area contributed by atoms with Gasteiger partial charge in [0.25, 0.3) is 0 Å². The van der Waals surface area contributed by atoms with E-state index >= 15 is 0 Å². The molecule has 0 bridgehead atoms. The Labute approximate surface area is 107 Å². The van der Waals surface area contributed by atoms with Gasteiger partial charge < -0.3 is 4.74 Å². The molecular weight excluding hydrogens is 252 g/mol. The molecule has 0 fully saturated rings. The first-order chi connectivity index (χ1) is 8.63. The van der Waals surface area contributed by atoms with E-state index in [0.717, 1.165) is 16.9 Å². The highest BCUT2D eigenvalue weighted by molar-refractivity contribution is 7.17. The number of Topliss-reactive ketones (excluding diaryl/α,β-unsaturated/α-hetero) is 1. The number of esters is 1. The molecule has 2 heterocycles. The number of hydrogen-bond donors (Lipinski definition) is 0. The summed E-state index contributed by atoms with van der Waals surface area (Å²) >= 11 is 1.16. The number of rotatable bonds is 3. The molecule has 18 heavy (non-hydrogen) atoms. The lowest BCUT2D eigenvalue weighted by atomic mass is 10.3. The van der Waals surface area contributed by atoms with Crippen molar-refractivity contribution in [2.75, 3.05) is 7.11 Å². The first-order valence-corrected chi connectivity index (χ1v) is 5.95. The number of carbonyl (C=O) groups is 2. The molecule has 6 heteroatoms. The van der Waals surface area contributed by atoms with Crippen molar-refractivity contribution in [1.82, 2.24) is 9.97 Å². The molecule has 0 atom stereocenters. The van der Waals surface area contributed by atoms with Gasteiger partial charge in [-0.15, -0.1) is 11.3 Å². The van der Waals surface area contributed by atoms with Crippen molar-refractivity contribution in [3.05, 3.63) is 35.1 Å². The van der Waals surface area contributed by atoms with Crippen LogP contribution in [0.15, 0.2) is 24.5 Å². The lowest BCUT2D eigenvalue weighted by Gasteiger charge is -1.95. The number of pyridine rings is 1. The van der Waals surface area contributed by atoms with Crippen LogP contribution in [0, 0.1) is 0 Å². The standard InChI is InChI=1S/C12H10N2O3S/c1-7(15)10-9(12(16)17-2)14-11(18-10)8-4-3-5-13-6-8/h3-6H,1-2H3. The fourth-order valence-corrected chi connectivity index (χ4v) is 2.34. The highest BCUT2D eigenvalue weighted by atomic mass is 32.1. The zero-order valence-electron chi connectivity index (χ0n) is 9.84. The second kappa shape index (κ2) is 5.05. The molecule has 0 spiro atoms. The first-order valence-electron chi connectivity index (χ1n) is 5.14. The van der Waals surface area contributed by atoms with E-state index < -0.39 is 5.97 Å². The molecule has 0 radical (unpaired) electrons. The van der Waals surface area contributed by atoms with Crippen molar-refractivity contribution in [1.29, 1.82) is 0 Å². The lowest BCUT2D eigenvalue weighted by Crippen LogP contribution is -2.06. The van der Waals surface area contributed by atoms with Gasteiger partial charge in [-0.2, -0.15) is 0 Å². The summed E-state index contributed by atoms with van der Waals surface area (Å²) in [6.45, 7) is 1.40. The summed E-state index contributed by atoms with van der Waals surface area (Å²) in [5, 5.41) is 0.578. The number of thiazole rings is 1. The van der Waals surface area contributed by atoms with E-state index in [1.807, 2.05) is 6.07 Å². The van der Waals surface area contributed by atoms with Crippen LogP contribution in [0.5, 0.6) is 0 Å². The van der Waals surface area contributed by atoms with E-state index in [1.165, 1.54) is 14.0 Å². The number of aromatic nitrogens is 2. The third-order valence-electron chi connectivity index (χ3n) is 2.23. The van der Waals surface area contributed by atoms with Crippen molar-refractivity contribution in [2.24, 2.45) is 0 Å². The molecule has 0 amide bonds. The third kappa shape index (κ3) is 2.28. The van der Waals surface area contributed by atoms with E-state index in [0.29, 0.717) is 9.88 Å². The number of ketones is 1. The van der Waals surface area contributed by atoms with Crippen molar-refractivity contribution in [2.45, 2.75) is 6.92 Å². The zero-order chi connectivity index (χ0) is 13.1. The summed E-state index contributed by atoms with van der Waals surface area (Å²) in [4.78, 5) is 31.5. The van der Waals surface area contributed by atoms with Crippen molar-refractivity contribution < 1.29 is 14.3 Å². The normalized spacial score (nSPS) is 10.1. The fourth-order valence-electron chi connectivity index (χ4n) is 1.41. The molecule has 5 nitrogen and oxygen atoms in total. The monoisotopic (exact) mass is 262 g/mol. The smallest absolute Gasteiger partial charge is 0.358 e. The molecule has 0 N–H and O–H groups in total. The Morgan fingerprint density at radius 2 is 2.17 bits per heavy atom.